The molecular formula is C10H13ClN2S. The summed E-state index contributed by atoms with van der Waals surface area (Å²) in [5.74, 6) is 5.77. The second-order valence-corrected chi connectivity index (χ2v) is 4.14. The van der Waals surface area contributed by atoms with Crippen LogP contribution in [0.1, 0.15) is 17.8 Å². The van der Waals surface area contributed by atoms with E-state index in [-0.39, 0.29) is 6.04 Å². The summed E-state index contributed by atoms with van der Waals surface area (Å²) in [4.78, 5) is 1.16. The first kappa shape index (κ1) is 11.5. The van der Waals surface area contributed by atoms with E-state index in [4.69, 9.17) is 17.3 Å². The van der Waals surface area contributed by atoms with Crippen LogP contribution in [0.5, 0.6) is 0 Å². The molecule has 0 amide bonds. The molecule has 0 aliphatic carbocycles. The lowest BCUT2D eigenvalue weighted by molar-refractivity contribution is 0.591. The number of nitrogens with two attached hydrogens (primary N) is 1. The molecular weight excluding hydrogens is 216 g/mol. The molecule has 0 radical (unpaired) electrons. The Balaban J connectivity index is 2.56. The molecule has 3 N–H and O–H groups in total. The summed E-state index contributed by atoms with van der Waals surface area (Å²) in [6.45, 7) is 3.04. The first-order valence-corrected chi connectivity index (χ1v) is 5.60. The van der Waals surface area contributed by atoms with Crippen LogP contribution in [0.3, 0.4) is 0 Å². The van der Waals surface area contributed by atoms with Crippen LogP contribution in [0.4, 0.5) is 0 Å². The van der Waals surface area contributed by atoms with Gasteiger partial charge < -0.3 is 5.73 Å². The van der Waals surface area contributed by atoms with Crippen molar-refractivity contribution in [2.45, 2.75) is 13.0 Å². The molecule has 1 heterocycles. The van der Waals surface area contributed by atoms with Gasteiger partial charge in [0, 0.05) is 16.8 Å². The molecule has 1 aromatic heterocycles. The van der Waals surface area contributed by atoms with E-state index in [0.29, 0.717) is 13.1 Å². The number of nitrogens with one attached hydrogen (secondary N) is 1. The molecule has 0 saturated carbocycles. The second-order valence-electron chi connectivity index (χ2n) is 2.76. The van der Waals surface area contributed by atoms with Crippen LogP contribution in [0, 0.1) is 11.8 Å². The van der Waals surface area contributed by atoms with Crippen LogP contribution in [-0.4, -0.2) is 13.1 Å². The maximum atomic E-state index is 5.84. The lowest BCUT2D eigenvalue weighted by atomic mass is 10.2. The Morgan fingerprint density at radius 2 is 2.50 bits per heavy atom. The van der Waals surface area contributed by atoms with Crippen LogP contribution >= 0.6 is 22.9 Å². The Bertz CT molecular complexity index is 337. The van der Waals surface area contributed by atoms with Crippen molar-refractivity contribution in [3.63, 3.8) is 0 Å². The first-order valence-electron chi connectivity index (χ1n) is 4.35. The molecule has 76 valence electrons. The maximum Gasteiger partial charge on any atom is 0.0581 e. The molecule has 0 spiro atoms. The number of thiophene rings is 1. The van der Waals surface area contributed by atoms with E-state index in [1.165, 1.54) is 0 Å². The zero-order chi connectivity index (χ0) is 10.4. The van der Waals surface area contributed by atoms with Gasteiger partial charge in [0.05, 0.1) is 17.6 Å². The Kier molecular flexibility index (Phi) is 4.99. The predicted molar refractivity (Wildman–Crippen MR) is 62.6 cm³/mol. The highest BCUT2D eigenvalue weighted by molar-refractivity contribution is 7.10. The van der Waals surface area contributed by atoms with Gasteiger partial charge in [-0.05, 0) is 13.0 Å². The van der Waals surface area contributed by atoms with E-state index in [1.807, 2.05) is 18.4 Å². The molecule has 0 bridgehead atoms. The van der Waals surface area contributed by atoms with E-state index in [1.54, 1.807) is 11.3 Å². The Hall–Kier alpha value is -0.530. The molecule has 1 aromatic rings. The predicted octanol–water partition coefficient (Wildman–Crippen LogP) is 2.01. The van der Waals surface area contributed by atoms with Crippen molar-refractivity contribution in [3.05, 3.63) is 21.3 Å². The van der Waals surface area contributed by atoms with Crippen molar-refractivity contribution in [1.82, 2.24) is 5.32 Å². The normalized spacial score (nSPS) is 11.9. The maximum absolute atomic E-state index is 5.84. The molecule has 0 aromatic carbocycles. The van der Waals surface area contributed by atoms with Crippen molar-refractivity contribution < 1.29 is 0 Å². The van der Waals surface area contributed by atoms with Gasteiger partial charge in [-0.25, -0.2) is 0 Å². The highest BCUT2D eigenvalue weighted by Crippen LogP contribution is 2.24. The zero-order valence-electron chi connectivity index (χ0n) is 8.01. The highest BCUT2D eigenvalue weighted by Gasteiger charge is 2.10. The summed E-state index contributed by atoms with van der Waals surface area (Å²) >= 11 is 7.45. The minimum Gasteiger partial charge on any atom is -0.329 e. The van der Waals surface area contributed by atoms with Crippen molar-refractivity contribution in [2.75, 3.05) is 13.1 Å². The number of hydrogen-bond acceptors (Lipinski definition) is 3. The van der Waals surface area contributed by atoms with E-state index in [2.05, 4.69) is 17.2 Å². The summed E-state index contributed by atoms with van der Waals surface area (Å²) in [7, 11) is 0. The monoisotopic (exact) mass is 228 g/mol. The van der Waals surface area contributed by atoms with Gasteiger partial charge in [-0.2, -0.15) is 0 Å². The average Bonchev–Trinajstić information content (AvgIpc) is 2.60. The van der Waals surface area contributed by atoms with Crippen molar-refractivity contribution in [1.29, 1.82) is 0 Å². The standard InChI is InChI=1S/C10H13ClN2S/c1-2-3-4-13-9(6-12)10-5-8(11)7-14-10/h5,7,9,13H,4,6,12H2,1H3. The third kappa shape index (κ3) is 3.32. The molecule has 2 nitrogen and oxygen atoms in total. The van der Waals surface area contributed by atoms with Crippen LogP contribution in [0.2, 0.25) is 5.02 Å². The van der Waals surface area contributed by atoms with Gasteiger partial charge in [0.15, 0.2) is 0 Å². The fourth-order valence-electron chi connectivity index (χ4n) is 1.07. The van der Waals surface area contributed by atoms with Crippen molar-refractivity contribution >= 4 is 22.9 Å². The van der Waals surface area contributed by atoms with Gasteiger partial charge in [-0.1, -0.05) is 17.5 Å². The first-order chi connectivity index (χ1) is 6.77. The molecule has 1 atom stereocenters. The van der Waals surface area contributed by atoms with Gasteiger partial charge in [-0.3, -0.25) is 5.32 Å². The van der Waals surface area contributed by atoms with Crippen LogP contribution < -0.4 is 11.1 Å². The zero-order valence-corrected chi connectivity index (χ0v) is 9.58. The van der Waals surface area contributed by atoms with Crippen LogP contribution in [-0.2, 0) is 0 Å². The Morgan fingerprint density at radius 3 is 3.00 bits per heavy atom. The quantitative estimate of drug-likeness (QED) is 0.774. The van der Waals surface area contributed by atoms with Gasteiger partial charge in [0.2, 0.25) is 0 Å². The summed E-state index contributed by atoms with van der Waals surface area (Å²) in [6, 6.07) is 2.10. The highest BCUT2D eigenvalue weighted by atomic mass is 35.5. The topological polar surface area (TPSA) is 38.0 Å². The van der Waals surface area contributed by atoms with Gasteiger partial charge in [0.1, 0.15) is 0 Å². The average molecular weight is 229 g/mol. The fraction of sp³-hybridized carbons (Fsp3) is 0.400. The molecule has 1 unspecified atom stereocenters. The minimum absolute atomic E-state index is 0.161. The van der Waals surface area contributed by atoms with Gasteiger partial charge in [-0.15, -0.1) is 17.3 Å². The lowest BCUT2D eigenvalue weighted by Crippen LogP contribution is -2.27. The molecule has 0 aliphatic rings. The van der Waals surface area contributed by atoms with Gasteiger partial charge in [0.25, 0.3) is 0 Å². The largest absolute Gasteiger partial charge is 0.329 e. The van der Waals surface area contributed by atoms with E-state index in [0.717, 1.165) is 9.90 Å². The third-order valence-corrected chi connectivity index (χ3v) is 3.17. The number of hydrogen-bond donors (Lipinski definition) is 2. The summed E-state index contributed by atoms with van der Waals surface area (Å²) < 4.78 is 0. The van der Waals surface area contributed by atoms with Crippen LogP contribution in [0.25, 0.3) is 0 Å². The summed E-state index contributed by atoms with van der Waals surface area (Å²) in [5, 5.41) is 5.93. The summed E-state index contributed by atoms with van der Waals surface area (Å²) in [5.41, 5.74) is 5.65. The molecule has 0 saturated heterocycles. The van der Waals surface area contributed by atoms with Gasteiger partial charge >= 0.3 is 0 Å². The third-order valence-electron chi connectivity index (χ3n) is 1.78. The fourth-order valence-corrected chi connectivity index (χ4v) is 2.25. The van der Waals surface area contributed by atoms with E-state index < -0.39 is 0 Å². The van der Waals surface area contributed by atoms with E-state index in [9.17, 15) is 0 Å². The Labute approximate surface area is 93.5 Å². The molecule has 4 heteroatoms. The van der Waals surface area contributed by atoms with Crippen molar-refractivity contribution in [3.8, 4) is 11.8 Å². The van der Waals surface area contributed by atoms with Crippen LogP contribution in [0.15, 0.2) is 11.4 Å². The molecule has 0 aliphatic heterocycles. The molecule has 1 rings (SSSR count). The SMILES string of the molecule is CC#CCNC(CN)c1cc(Cl)cs1. The van der Waals surface area contributed by atoms with Crippen molar-refractivity contribution in [2.24, 2.45) is 5.73 Å². The number of rotatable bonds is 4. The smallest absolute Gasteiger partial charge is 0.0581 e. The second kappa shape index (κ2) is 6.05. The minimum atomic E-state index is 0.161. The molecule has 0 fully saturated rings. The number of halogens is 1. The Morgan fingerprint density at radius 1 is 1.71 bits per heavy atom. The molecule has 14 heavy (non-hydrogen) atoms. The van der Waals surface area contributed by atoms with E-state index >= 15 is 0 Å². The summed E-state index contributed by atoms with van der Waals surface area (Å²) in [6.07, 6.45) is 0. The lowest BCUT2D eigenvalue weighted by Gasteiger charge is -2.12.